The summed E-state index contributed by atoms with van der Waals surface area (Å²) < 4.78 is 13.1. The zero-order valence-electron chi connectivity index (χ0n) is 14.6. The van der Waals surface area contributed by atoms with Crippen LogP contribution in [0.25, 0.3) is 0 Å². The van der Waals surface area contributed by atoms with Gasteiger partial charge in [0.25, 0.3) is 5.91 Å². The van der Waals surface area contributed by atoms with Crippen molar-refractivity contribution in [1.82, 2.24) is 10.2 Å². The number of nitrogens with one attached hydrogen (secondary N) is 1. The van der Waals surface area contributed by atoms with Gasteiger partial charge in [-0.15, -0.1) is 0 Å². The fourth-order valence-electron chi connectivity index (χ4n) is 2.55. The van der Waals surface area contributed by atoms with E-state index in [4.69, 9.17) is 0 Å². The number of nitrogens with zero attached hydrogens (tertiary/aromatic N) is 1. The monoisotopic (exact) mass is 342 g/mol. The molecular weight excluding hydrogens is 319 g/mol. The molecule has 2 rings (SSSR count). The highest BCUT2D eigenvalue weighted by Crippen LogP contribution is 2.08. The molecule has 0 aliphatic heterocycles. The van der Waals surface area contributed by atoms with Gasteiger partial charge in [0.15, 0.2) is 0 Å². The van der Waals surface area contributed by atoms with Gasteiger partial charge in [-0.2, -0.15) is 0 Å². The van der Waals surface area contributed by atoms with Crippen LogP contribution in [0, 0.1) is 5.82 Å². The van der Waals surface area contributed by atoms with Crippen molar-refractivity contribution < 1.29 is 14.0 Å². The van der Waals surface area contributed by atoms with Gasteiger partial charge in [0.1, 0.15) is 5.82 Å². The highest BCUT2D eigenvalue weighted by molar-refractivity contribution is 5.94. The van der Waals surface area contributed by atoms with Crippen molar-refractivity contribution in [2.45, 2.75) is 26.8 Å². The van der Waals surface area contributed by atoms with Crippen LogP contribution < -0.4 is 5.32 Å². The summed E-state index contributed by atoms with van der Waals surface area (Å²) in [5.41, 5.74) is 2.18. The summed E-state index contributed by atoms with van der Waals surface area (Å²) in [6, 6.07) is 13.2. The lowest BCUT2D eigenvalue weighted by Gasteiger charge is -2.18. The molecule has 2 aromatic rings. The minimum absolute atomic E-state index is 0.00619. The first-order chi connectivity index (χ1) is 12.0. The fourth-order valence-corrected chi connectivity index (χ4v) is 2.55. The lowest BCUT2D eigenvalue weighted by atomic mass is 10.1. The van der Waals surface area contributed by atoms with Crippen molar-refractivity contribution in [3.8, 4) is 0 Å². The van der Waals surface area contributed by atoms with E-state index < -0.39 is 0 Å². The molecule has 5 heteroatoms. The van der Waals surface area contributed by atoms with Gasteiger partial charge in [-0.25, -0.2) is 4.39 Å². The Balaban J connectivity index is 1.89. The lowest BCUT2D eigenvalue weighted by molar-refractivity contribution is -0.120. The average molecular weight is 342 g/mol. The standard InChI is InChI=1S/C20H23FN2O2/c1-3-23(4-2)20(25)17-10-8-15(9-11-17)14-22-19(24)13-16-6-5-7-18(21)12-16/h5-12H,3-4,13-14H2,1-2H3,(H,22,24). The Bertz CT molecular complexity index is 725. The van der Waals surface area contributed by atoms with E-state index in [0.717, 1.165) is 5.56 Å². The van der Waals surface area contributed by atoms with E-state index >= 15 is 0 Å². The molecule has 25 heavy (non-hydrogen) atoms. The van der Waals surface area contributed by atoms with Crippen molar-refractivity contribution in [3.63, 3.8) is 0 Å². The highest BCUT2D eigenvalue weighted by atomic mass is 19.1. The van der Waals surface area contributed by atoms with Crippen LogP contribution in [-0.2, 0) is 17.8 Å². The average Bonchev–Trinajstić information content (AvgIpc) is 2.61. The number of carbonyl (C=O) groups excluding carboxylic acids is 2. The summed E-state index contributed by atoms with van der Waals surface area (Å²) in [7, 11) is 0. The van der Waals surface area contributed by atoms with Gasteiger partial charge in [0, 0.05) is 25.2 Å². The van der Waals surface area contributed by atoms with Crippen LogP contribution in [0.2, 0.25) is 0 Å². The van der Waals surface area contributed by atoms with Crippen molar-refractivity contribution in [1.29, 1.82) is 0 Å². The van der Waals surface area contributed by atoms with Gasteiger partial charge in [0.05, 0.1) is 6.42 Å². The van der Waals surface area contributed by atoms with Crippen LogP contribution >= 0.6 is 0 Å². The number of amides is 2. The minimum atomic E-state index is -0.348. The summed E-state index contributed by atoms with van der Waals surface area (Å²) in [4.78, 5) is 25.9. The molecule has 0 radical (unpaired) electrons. The van der Waals surface area contributed by atoms with Gasteiger partial charge < -0.3 is 10.2 Å². The SMILES string of the molecule is CCN(CC)C(=O)c1ccc(CNC(=O)Cc2cccc(F)c2)cc1. The molecule has 0 aliphatic rings. The van der Waals surface area contributed by atoms with Crippen LogP contribution in [0.4, 0.5) is 4.39 Å². The molecule has 2 aromatic carbocycles. The van der Waals surface area contributed by atoms with E-state index in [2.05, 4.69) is 5.32 Å². The second kappa shape index (κ2) is 8.97. The Morgan fingerprint density at radius 1 is 1.00 bits per heavy atom. The molecule has 0 atom stereocenters. The van der Waals surface area contributed by atoms with E-state index in [1.54, 1.807) is 29.2 Å². The maximum absolute atomic E-state index is 13.1. The number of hydrogen-bond donors (Lipinski definition) is 1. The van der Waals surface area contributed by atoms with Crippen LogP contribution in [0.5, 0.6) is 0 Å². The van der Waals surface area contributed by atoms with E-state index in [0.29, 0.717) is 30.8 Å². The lowest BCUT2D eigenvalue weighted by Crippen LogP contribution is -2.30. The highest BCUT2D eigenvalue weighted by Gasteiger charge is 2.12. The molecule has 4 nitrogen and oxygen atoms in total. The molecule has 0 unspecified atom stereocenters. The Morgan fingerprint density at radius 2 is 1.68 bits per heavy atom. The Hall–Kier alpha value is -2.69. The molecule has 1 N–H and O–H groups in total. The van der Waals surface area contributed by atoms with E-state index in [1.807, 2.05) is 26.0 Å². The first-order valence-corrected chi connectivity index (χ1v) is 8.42. The third-order valence-electron chi connectivity index (χ3n) is 3.99. The zero-order chi connectivity index (χ0) is 18.2. The van der Waals surface area contributed by atoms with Gasteiger partial charge >= 0.3 is 0 Å². The molecule has 0 spiro atoms. The number of carbonyl (C=O) groups is 2. The predicted molar refractivity (Wildman–Crippen MR) is 95.6 cm³/mol. The molecular formula is C20H23FN2O2. The largest absolute Gasteiger partial charge is 0.352 e. The minimum Gasteiger partial charge on any atom is -0.352 e. The van der Waals surface area contributed by atoms with Crippen LogP contribution in [0.1, 0.15) is 35.3 Å². The van der Waals surface area contributed by atoms with Gasteiger partial charge in [-0.3, -0.25) is 9.59 Å². The Kier molecular flexibility index (Phi) is 6.69. The number of rotatable bonds is 7. The molecule has 2 amide bonds. The second-order valence-electron chi connectivity index (χ2n) is 5.76. The summed E-state index contributed by atoms with van der Waals surface area (Å²) in [6.07, 6.45) is 0.135. The van der Waals surface area contributed by atoms with E-state index in [1.165, 1.54) is 12.1 Å². The summed E-state index contributed by atoms with van der Waals surface area (Å²) in [5.74, 6) is -0.514. The molecule has 132 valence electrons. The summed E-state index contributed by atoms with van der Waals surface area (Å²) in [6.45, 7) is 5.61. The van der Waals surface area contributed by atoms with Crippen molar-refractivity contribution in [3.05, 3.63) is 71.0 Å². The quantitative estimate of drug-likeness (QED) is 0.840. The van der Waals surface area contributed by atoms with E-state index in [-0.39, 0.29) is 24.1 Å². The normalized spacial score (nSPS) is 10.4. The number of benzene rings is 2. The fraction of sp³-hybridized carbons (Fsp3) is 0.300. The molecule has 0 heterocycles. The molecule has 0 fully saturated rings. The number of hydrogen-bond acceptors (Lipinski definition) is 2. The second-order valence-corrected chi connectivity index (χ2v) is 5.76. The van der Waals surface area contributed by atoms with Crippen LogP contribution in [0.15, 0.2) is 48.5 Å². The van der Waals surface area contributed by atoms with Gasteiger partial charge in [-0.1, -0.05) is 24.3 Å². The van der Waals surface area contributed by atoms with Crippen molar-refractivity contribution >= 4 is 11.8 Å². The van der Waals surface area contributed by atoms with Crippen molar-refractivity contribution in [2.24, 2.45) is 0 Å². The Morgan fingerprint density at radius 3 is 2.28 bits per heavy atom. The summed E-state index contributed by atoms with van der Waals surface area (Å²) in [5, 5.41) is 2.80. The third-order valence-corrected chi connectivity index (χ3v) is 3.99. The smallest absolute Gasteiger partial charge is 0.253 e. The third kappa shape index (κ3) is 5.41. The maximum Gasteiger partial charge on any atom is 0.253 e. The van der Waals surface area contributed by atoms with Gasteiger partial charge in [0.2, 0.25) is 5.91 Å². The molecule has 0 bridgehead atoms. The van der Waals surface area contributed by atoms with Crippen LogP contribution in [-0.4, -0.2) is 29.8 Å². The molecule has 0 saturated carbocycles. The number of halogens is 1. The molecule has 0 aliphatic carbocycles. The summed E-state index contributed by atoms with van der Waals surface area (Å²) >= 11 is 0. The first kappa shape index (κ1) is 18.6. The van der Waals surface area contributed by atoms with Gasteiger partial charge in [-0.05, 0) is 49.2 Å². The topological polar surface area (TPSA) is 49.4 Å². The Labute approximate surface area is 147 Å². The predicted octanol–water partition coefficient (Wildman–Crippen LogP) is 3.17. The van der Waals surface area contributed by atoms with Crippen LogP contribution in [0.3, 0.4) is 0 Å². The zero-order valence-corrected chi connectivity index (χ0v) is 14.6. The van der Waals surface area contributed by atoms with E-state index in [9.17, 15) is 14.0 Å². The maximum atomic E-state index is 13.1. The molecule has 0 saturated heterocycles. The van der Waals surface area contributed by atoms with Crippen molar-refractivity contribution in [2.75, 3.05) is 13.1 Å². The molecule has 0 aromatic heterocycles. The first-order valence-electron chi connectivity index (χ1n) is 8.42.